The number of phenols is 2. The summed E-state index contributed by atoms with van der Waals surface area (Å²) in [6.07, 6.45) is 7.54. The van der Waals surface area contributed by atoms with Gasteiger partial charge in [0.25, 0.3) is 0 Å². The smallest absolute Gasteiger partial charge is 0.342 e. The van der Waals surface area contributed by atoms with E-state index in [0.29, 0.717) is 6.42 Å². The molecule has 1 aliphatic heterocycles. The first-order chi connectivity index (χ1) is 11.9. The van der Waals surface area contributed by atoms with Crippen molar-refractivity contribution in [2.75, 3.05) is 0 Å². The van der Waals surface area contributed by atoms with Crippen LogP contribution in [0.4, 0.5) is 0 Å². The van der Waals surface area contributed by atoms with E-state index in [1.165, 1.54) is 17.2 Å². The molecule has 0 amide bonds. The van der Waals surface area contributed by atoms with Gasteiger partial charge in [0.1, 0.15) is 23.2 Å². The minimum absolute atomic E-state index is 0.0541. The van der Waals surface area contributed by atoms with Gasteiger partial charge in [0, 0.05) is 24.5 Å². The van der Waals surface area contributed by atoms with Crippen molar-refractivity contribution in [3.63, 3.8) is 0 Å². The summed E-state index contributed by atoms with van der Waals surface area (Å²) in [5.41, 5.74) is 2.24. The molecule has 1 aromatic carbocycles. The zero-order chi connectivity index (χ0) is 18.1. The Labute approximate surface area is 149 Å². The molecule has 3 rings (SSSR count). The van der Waals surface area contributed by atoms with Crippen LogP contribution >= 0.6 is 11.6 Å². The van der Waals surface area contributed by atoms with Gasteiger partial charge < -0.3 is 14.9 Å². The molecule has 1 atom stereocenters. The Morgan fingerprint density at radius 1 is 1.12 bits per heavy atom. The number of rotatable bonds is 0. The van der Waals surface area contributed by atoms with E-state index in [-0.39, 0.29) is 34.5 Å². The van der Waals surface area contributed by atoms with Crippen LogP contribution in [0.5, 0.6) is 11.5 Å². The number of allylic oxidation sites excluding steroid dienone is 5. The molecule has 0 saturated carbocycles. The monoisotopic (exact) mass is 360 g/mol. The molecule has 0 unspecified atom stereocenters. The highest BCUT2D eigenvalue weighted by atomic mass is 35.5. The second kappa shape index (κ2) is 6.76. The fraction of sp³-hybridized carbons (Fsp3) is 0.263. The van der Waals surface area contributed by atoms with E-state index in [0.717, 1.165) is 12.5 Å². The standard InChI is InChI=1S/C19H17ClO5/c1-10-6-12-7-11(12)4-2-3-5-13(21)8-14-17(19(24)25-10)15(22)9-16(23)18(14)20/h2-5,9-10,22-23H,6-8H2,1H3/b4-2-,5-3+/t10-/m1/s1. The molecule has 5 nitrogen and oxygen atoms in total. The van der Waals surface area contributed by atoms with Gasteiger partial charge in [-0.25, -0.2) is 4.79 Å². The van der Waals surface area contributed by atoms with Gasteiger partial charge in [-0.2, -0.15) is 0 Å². The van der Waals surface area contributed by atoms with Crippen LogP contribution in [0.15, 0.2) is 41.5 Å². The average molecular weight is 361 g/mol. The highest BCUT2D eigenvalue weighted by molar-refractivity contribution is 6.33. The Bertz CT molecular complexity index is 848. The van der Waals surface area contributed by atoms with Crippen LogP contribution in [0.1, 0.15) is 35.7 Å². The Balaban J connectivity index is 2.05. The molecule has 0 bridgehead atoms. The maximum absolute atomic E-state index is 12.5. The van der Waals surface area contributed by atoms with Gasteiger partial charge in [-0.1, -0.05) is 35.4 Å². The lowest BCUT2D eigenvalue weighted by Crippen LogP contribution is -2.17. The fourth-order valence-corrected chi connectivity index (χ4v) is 3.06. The fourth-order valence-electron chi connectivity index (χ4n) is 2.84. The normalized spacial score (nSPS) is 23.2. The number of carbonyl (C=O) groups is 2. The highest BCUT2D eigenvalue weighted by Gasteiger charge is 2.27. The third kappa shape index (κ3) is 3.77. The number of ketones is 1. The largest absolute Gasteiger partial charge is 0.507 e. The summed E-state index contributed by atoms with van der Waals surface area (Å²) >= 11 is 6.06. The van der Waals surface area contributed by atoms with Gasteiger partial charge in [0.2, 0.25) is 0 Å². The van der Waals surface area contributed by atoms with Crippen molar-refractivity contribution in [3.05, 3.63) is 57.7 Å². The Morgan fingerprint density at radius 2 is 1.84 bits per heavy atom. The van der Waals surface area contributed by atoms with Crippen LogP contribution in [0.3, 0.4) is 0 Å². The number of cyclic esters (lactones) is 1. The zero-order valence-corrected chi connectivity index (χ0v) is 14.3. The van der Waals surface area contributed by atoms with Crippen molar-refractivity contribution >= 4 is 23.4 Å². The van der Waals surface area contributed by atoms with Crippen LogP contribution in [-0.4, -0.2) is 28.1 Å². The third-order valence-corrected chi connectivity index (χ3v) is 4.56. The first kappa shape index (κ1) is 17.3. The summed E-state index contributed by atoms with van der Waals surface area (Å²) < 4.78 is 5.40. The van der Waals surface area contributed by atoms with Gasteiger partial charge in [-0.05, 0) is 25.0 Å². The van der Waals surface area contributed by atoms with E-state index in [1.54, 1.807) is 19.1 Å². The van der Waals surface area contributed by atoms with Crippen LogP contribution in [0, 0.1) is 0 Å². The molecule has 0 saturated heterocycles. The first-order valence-corrected chi connectivity index (χ1v) is 8.27. The molecule has 0 radical (unpaired) electrons. The lowest BCUT2D eigenvalue weighted by molar-refractivity contribution is -0.114. The highest BCUT2D eigenvalue weighted by Crippen LogP contribution is 2.39. The summed E-state index contributed by atoms with van der Waals surface area (Å²) in [6, 6.07) is 0.973. The number of esters is 1. The van der Waals surface area contributed by atoms with Gasteiger partial charge in [0.05, 0.1) is 5.02 Å². The minimum atomic E-state index is -0.769. The lowest BCUT2D eigenvalue weighted by Gasteiger charge is -2.16. The molecule has 130 valence electrons. The Morgan fingerprint density at radius 3 is 2.60 bits per heavy atom. The van der Waals surface area contributed by atoms with Crippen molar-refractivity contribution in [2.24, 2.45) is 0 Å². The van der Waals surface area contributed by atoms with E-state index in [2.05, 4.69) is 0 Å². The molecule has 6 heteroatoms. The Kier molecular flexibility index (Phi) is 4.68. The maximum Gasteiger partial charge on any atom is 0.342 e. The van der Waals surface area contributed by atoms with Crippen molar-refractivity contribution in [1.82, 2.24) is 0 Å². The average Bonchev–Trinajstić information content (AvgIpc) is 3.25. The van der Waals surface area contributed by atoms with Crippen molar-refractivity contribution in [3.8, 4) is 11.5 Å². The van der Waals surface area contributed by atoms with Gasteiger partial charge in [-0.15, -0.1) is 0 Å². The van der Waals surface area contributed by atoms with Crippen LogP contribution in [0.25, 0.3) is 0 Å². The summed E-state index contributed by atoms with van der Waals surface area (Å²) in [4.78, 5) is 24.7. The number of hydrogen-bond donors (Lipinski definition) is 2. The lowest BCUT2D eigenvalue weighted by atomic mass is 10.00. The molecule has 2 N–H and O–H groups in total. The molecular formula is C19H17ClO5. The second-order valence-corrected chi connectivity index (χ2v) is 6.55. The molecule has 25 heavy (non-hydrogen) atoms. The molecule has 1 aromatic rings. The zero-order valence-electron chi connectivity index (χ0n) is 13.6. The van der Waals surface area contributed by atoms with Crippen LogP contribution in [0.2, 0.25) is 5.02 Å². The predicted octanol–water partition coefficient (Wildman–Crippen LogP) is 3.62. The molecule has 0 aromatic heterocycles. The quantitative estimate of drug-likeness (QED) is 0.690. The summed E-state index contributed by atoms with van der Waals surface area (Å²) in [6.45, 7) is 1.76. The molecule has 2 aliphatic rings. The second-order valence-electron chi connectivity index (χ2n) is 6.17. The maximum atomic E-state index is 12.5. The minimum Gasteiger partial charge on any atom is -0.507 e. The molecular weight excluding hydrogens is 344 g/mol. The van der Waals surface area contributed by atoms with Crippen LogP contribution in [-0.2, 0) is 16.0 Å². The SMILES string of the molecule is C[C@@H]1CC2=C(/C=C\C=C\C(=O)Cc3c(Cl)c(O)cc(O)c3C(=O)O1)C2. The number of ether oxygens (including phenoxy) is 1. The molecule has 1 heterocycles. The van der Waals surface area contributed by atoms with Gasteiger partial charge >= 0.3 is 5.97 Å². The number of phenolic OH excluding ortho intramolecular Hbond substituents is 2. The number of hydrogen-bond acceptors (Lipinski definition) is 5. The van der Waals surface area contributed by atoms with Crippen molar-refractivity contribution in [1.29, 1.82) is 0 Å². The molecule has 1 aliphatic carbocycles. The van der Waals surface area contributed by atoms with E-state index < -0.39 is 17.5 Å². The molecule has 0 spiro atoms. The third-order valence-electron chi connectivity index (χ3n) is 4.14. The number of aromatic hydroxyl groups is 2. The number of fused-ring (bicyclic) bond motifs is 1. The van der Waals surface area contributed by atoms with Gasteiger partial charge in [0.15, 0.2) is 5.78 Å². The van der Waals surface area contributed by atoms with Crippen molar-refractivity contribution in [2.45, 2.75) is 32.3 Å². The van der Waals surface area contributed by atoms with Crippen molar-refractivity contribution < 1.29 is 24.5 Å². The van der Waals surface area contributed by atoms with E-state index >= 15 is 0 Å². The summed E-state index contributed by atoms with van der Waals surface area (Å²) in [7, 11) is 0. The first-order valence-electron chi connectivity index (χ1n) is 7.89. The number of carbonyl (C=O) groups excluding carboxylic acids is 2. The van der Waals surface area contributed by atoms with Gasteiger partial charge in [-0.3, -0.25) is 4.79 Å². The van der Waals surface area contributed by atoms with Crippen LogP contribution < -0.4 is 0 Å². The number of benzene rings is 1. The summed E-state index contributed by atoms with van der Waals surface area (Å²) in [5.74, 6) is -1.96. The van der Waals surface area contributed by atoms with E-state index in [4.69, 9.17) is 16.3 Å². The molecule has 0 fully saturated rings. The summed E-state index contributed by atoms with van der Waals surface area (Å²) in [5, 5.41) is 19.8. The predicted molar refractivity (Wildman–Crippen MR) is 92.9 cm³/mol. The topological polar surface area (TPSA) is 83.8 Å². The van der Waals surface area contributed by atoms with E-state index in [1.807, 2.05) is 6.08 Å². The van der Waals surface area contributed by atoms with E-state index in [9.17, 15) is 19.8 Å². The Hall–Kier alpha value is -2.53. The number of halogens is 1.